The van der Waals surface area contributed by atoms with Crippen molar-refractivity contribution in [1.29, 1.82) is 0 Å². The molecule has 1 saturated carbocycles. The Morgan fingerprint density at radius 3 is 2.65 bits per heavy atom. The molecule has 6 nitrogen and oxygen atoms in total. The van der Waals surface area contributed by atoms with Crippen LogP contribution < -0.4 is 10.6 Å². The molecule has 2 aromatic heterocycles. The molecule has 1 aliphatic carbocycles. The summed E-state index contributed by atoms with van der Waals surface area (Å²) in [5.74, 6) is -0.785. The molecule has 3 aromatic rings. The van der Waals surface area contributed by atoms with Crippen molar-refractivity contribution in [3.05, 3.63) is 66.6 Å². The third kappa shape index (κ3) is 3.39. The Balaban J connectivity index is 1.36. The number of fused-ring (bicyclic) bond motifs is 1. The molecule has 4 rings (SSSR count). The maximum absolute atomic E-state index is 12.5. The van der Waals surface area contributed by atoms with E-state index < -0.39 is 0 Å². The number of para-hydroxylation sites is 1. The lowest BCUT2D eigenvalue weighted by Crippen LogP contribution is -2.27. The van der Waals surface area contributed by atoms with E-state index in [0.717, 1.165) is 16.5 Å². The Kier molecular flexibility index (Phi) is 4.31. The number of hydrogen-bond acceptors (Lipinski definition) is 4. The molecule has 1 aliphatic rings. The maximum Gasteiger partial charge on any atom is 0.228 e. The number of carbonyl (C=O) groups is 2. The first kappa shape index (κ1) is 16.2. The fourth-order valence-corrected chi connectivity index (χ4v) is 3.03. The minimum absolute atomic E-state index is 0.0925. The van der Waals surface area contributed by atoms with Gasteiger partial charge in [0.05, 0.1) is 23.0 Å². The normalized spacial score (nSPS) is 18.3. The van der Waals surface area contributed by atoms with E-state index in [1.54, 1.807) is 18.6 Å². The summed E-state index contributed by atoms with van der Waals surface area (Å²) >= 11 is 0. The van der Waals surface area contributed by atoms with Crippen LogP contribution in [0, 0.1) is 11.8 Å². The summed E-state index contributed by atoms with van der Waals surface area (Å²) in [6.45, 7) is 0.421. The van der Waals surface area contributed by atoms with Crippen molar-refractivity contribution < 1.29 is 9.59 Å². The molecule has 2 unspecified atom stereocenters. The molecular formula is C20H18N4O2. The molecule has 26 heavy (non-hydrogen) atoms. The molecule has 1 aromatic carbocycles. The average Bonchev–Trinajstić information content (AvgIpc) is 3.48. The van der Waals surface area contributed by atoms with Crippen LogP contribution in [0.4, 0.5) is 5.69 Å². The van der Waals surface area contributed by atoms with Crippen LogP contribution in [0.1, 0.15) is 12.0 Å². The number of aromatic nitrogens is 2. The van der Waals surface area contributed by atoms with E-state index in [9.17, 15) is 9.59 Å². The van der Waals surface area contributed by atoms with Crippen LogP contribution in [-0.4, -0.2) is 21.8 Å². The van der Waals surface area contributed by atoms with E-state index in [-0.39, 0.29) is 23.7 Å². The molecule has 2 atom stereocenters. The highest BCUT2D eigenvalue weighted by Crippen LogP contribution is 2.39. The zero-order valence-electron chi connectivity index (χ0n) is 14.1. The summed E-state index contributed by atoms with van der Waals surface area (Å²) in [5.41, 5.74) is 2.36. The fraction of sp³-hybridized carbons (Fsp3) is 0.200. The molecular weight excluding hydrogens is 328 g/mol. The molecule has 2 amide bonds. The number of carbonyl (C=O) groups excluding carboxylic acids is 2. The summed E-state index contributed by atoms with van der Waals surface area (Å²) in [7, 11) is 0. The van der Waals surface area contributed by atoms with Crippen molar-refractivity contribution in [2.45, 2.75) is 13.0 Å². The third-order valence-electron chi connectivity index (χ3n) is 4.54. The van der Waals surface area contributed by atoms with E-state index in [1.807, 2.05) is 42.5 Å². The first-order chi connectivity index (χ1) is 12.7. The van der Waals surface area contributed by atoms with Crippen LogP contribution in [0.2, 0.25) is 0 Å². The summed E-state index contributed by atoms with van der Waals surface area (Å²) in [6.07, 6.45) is 5.67. The van der Waals surface area contributed by atoms with Crippen molar-refractivity contribution in [2.24, 2.45) is 11.8 Å². The number of rotatable bonds is 5. The smallest absolute Gasteiger partial charge is 0.228 e. The van der Waals surface area contributed by atoms with E-state index in [1.165, 1.54) is 0 Å². The third-order valence-corrected chi connectivity index (χ3v) is 4.54. The monoisotopic (exact) mass is 346 g/mol. The first-order valence-electron chi connectivity index (χ1n) is 8.53. The number of nitrogens with one attached hydrogen (secondary N) is 2. The van der Waals surface area contributed by atoms with Crippen molar-refractivity contribution >= 4 is 28.4 Å². The van der Waals surface area contributed by atoms with Gasteiger partial charge >= 0.3 is 0 Å². The molecule has 2 N–H and O–H groups in total. The molecule has 130 valence electrons. The van der Waals surface area contributed by atoms with Gasteiger partial charge in [0.25, 0.3) is 0 Å². The van der Waals surface area contributed by atoms with Crippen LogP contribution in [-0.2, 0) is 16.1 Å². The van der Waals surface area contributed by atoms with E-state index in [0.29, 0.717) is 18.7 Å². The second-order valence-electron chi connectivity index (χ2n) is 6.40. The van der Waals surface area contributed by atoms with Crippen molar-refractivity contribution in [1.82, 2.24) is 15.3 Å². The highest BCUT2D eigenvalue weighted by molar-refractivity contribution is 6.04. The largest absolute Gasteiger partial charge is 0.352 e. The number of amides is 2. The lowest BCUT2D eigenvalue weighted by molar-refractivity contribution is -0.125. The summed E-state index contributed by atoms with van der Waals surface area (Å²) in [6, 6.07) is 13.2. The van der Waals surface area contributed by atoms with Gasteiger partial charge in [0, 0.05) is 30.5 Å². The summed E-state index contributed by atoms with van der Waals surface area (Å²) in [4.78, 5) is 33.1. The number of nitrogens with zero attached hydrogens (tertiary/aromatic N) is 2. The Morgan fingerprint density at radius 1 is 1.00 bits per heavy atom. The Labute approximate surface area is 150 Å². The second-order valence-corrected chi connectivity index (χ2v) is 6.40. The van der Waals surface area contributed by atoms with Gasteiger partial charge in [0.2, 0.25) is 11.8 Å². The average molecular weight is 346 g/mol. The molecule has 0 bridgehead atoms. The highest BCUT2D eigenvalue weighted by Gasteiger charge is 2.48. The zero-order chi connectivity index (χ0) is 17.9. The van der Waals surface area contributed by atoms with Crippen LogP contribution in [0.25, 0.3) is 10.9 Å². The van der Waals surface area contributed by atoms with Gasteiger partial charge < -0.3 is 10.6 Å². The van der Waals surface area contributed by atoms with Crippen molar-refractivity contribution in [3.63, 3.8) is 0 Å². The minimum Gasteiger partial charge on any atom is -0.352 e. The van der Waals surface area contributed by atoms with Gasteiger partial charge in [0.1, 0.15) is 0 Å². The van der Waals surface area contributed by atoms with Crippen LogP contribution in [0.15, 0.2) is 61.1 Å². The van der Waals surface area contributed by atoms with Gasteiger partial charge in [-0.05, 0) is 30.2 Å². The lowest BCUT2D eigenvalue weighted by Gasteiger charge is -2.08. The van der Waals surface area contributed by atoms with Crippen LogP contribution >= 0.6 is 0 Å². The Morgan fingerprint density at radius 2 is 1.81 bits per heavy atom. The van der Waals surface area contributed by atoms with Gasteiger partial charge in [-0.2, -0.15) is 0 Å². The minimum atomic E-state index is -0.289. The molecule has 2 heterocycles. The van der Waals surface area contributed by atoms with Crippen molar-refractivity contribution in [2.75, 3.05) is 5.32 Å². The summed E-state index contributed by atoms with van der Waals surface area (Å²) in [5, 5.41) is 6.75. The van der Waals surface area contributed by atoms with Crippen LogP contribution in [0.3, 0.4) is 0 Å². The predicted molar refractivity (Wildman–Crippen MR) is 98.1 cm³/mol. The van der Waals surface area contributed by atoms with Gasteiger partial charge in [0.15, 0.2) is 0 Å². The van der Waals surface area contributed by atoms with Gasteiger partial charge in [-0.15, -0.1) is 0 Å². The Bertz CT molecular complexity index is 953. The zero-order valence-corrected chi connectivity index (χ0v) is 14.1. The lowest BCUT2D eigenvalue weighted by atomic mass is 10.2. The Hall–Kier alpha value is -3.28. The molecule has 0 saturated heterocycles. The highest BCUT2D eigenvalue weighted by atomic mass is 16.2. The fourth-order valence-electron chi connectivity index (χ4n) is 3.03. The van der Waals surface area contributed by atoms with E-state index >= 15 is 0 Å². The number of benzene rings is 1. The number of anilines is 1. The van der Waals surface area contributed by atoms with Crippen molar-refractivity contribution in [3.8, 4) is 0 Å². The van der Waals surface area contributed by atoms with Gasteiger partial charge in [-0.25, -0.2) is 0 Å². The second kappa shape index (κ2) is 6.92. The predicted octanol–water partition coefficient (Wildman–Crippen LogP) is 2.52. The van der Waals surface area contributed by atoms with Gasteiger partial charge in [-0.1, -0.05) is 24.3 Å². The van der Waals surface area contributed by atoms with E-state index in [2.05, 4.69) is 20.6 Å². The van der Waals surface area contributed by atoms with Gasteiger partial charge in [-0.3, -0.25) is 19.6 Å². The number of pyridine rings is 2. The molecule has 0 spiro atoms. The topological polar surface area (TPSA) is 84.0 Å². The van der Waals surface area contributed by atoms with E-state index in [4.69, 9.17) is 0 Å². The molecule has 0 radical (unpaired) electrons. The first-order valence-corrected chi connectivity index (χ1v) is 8.53. The quantitative estimate of drug-likeness (QED) is 0.743. The SMILES string of the molecule is O=C(NCc1cccnc1)C1CC1C(=O)Nc1cccc2cccnc12. The molecule has 6 heteroatoms. The standard InChI is InChI=1S/C20H18N4O2/c25-19(23-12-13-4-2-8-21-11-13)15-10-16(15)20(26)24-17-7-1-5-14-6-3-9-22-18(14)17/h1-9,11,15-16H,10,12H2,(H,23,25)(H,24,26). The van der Waals surface area contributed by atoms with Crippen LogP contribution in [0.5, 0.6) is 0 Å². The maximum atomic E-state index is 12.5. The summed E-state index contributed by atoms with van der Waals surface area (Å²) < 4.78 is 0. The number of hydrogen-bond donors (Lipinski definition) is 2. The molecule has 1 fully saturated rings. The molecule has 0 aliphatic heterocycles.